The first-order valence-corrected chi connectivity index (χ1v) is 6.56. The largest absolute Gasteiger partial charge is 0.496 e. The Morgan fingerprint density at radius 2 is 2.00 bits per heavy atom. The molecule has 0 saturated carbocycles. The minimum atomic E-state index is -0.373. The fraction of sp³-hybridized carbons (Fsp3) is 0.357. The van der Waals surface area contributed by atoms with Crippen molar-refractivity contribution in [2.45, 2.75) is 6.92 Å². The number of benzene rings is 1. The lowest BCUT2D eigenvalue weighted by Crippen LogP contribution is -2.16. The molecule has 0 unspecified atom stereocenters. The quantitative estimate of drug-likeness (QED) is 0.911. The summed E-state index contributed by atoms with van der Waals surface area (Å²) in [5.41, 5.74) is 0.488. The third-order valence-corrected chi connectivity index (χ3v) is 2.76. The summed E-state index contributed by atoms with van der Waals surface area (Å²) < 4.78 is 18.8. The van der Waals surface area contributed by atoms with Gasteiger partial charge in [0.25, 0.3) is 0 Å². The molecule has 2 aromatic rings. The molecular weight excluding hydrogens is 273 g/mol. The van der Waals surface area contributed by atoms with E-state index >= 15 is 0 Å². The van der Waals surface area contributed by atoms with Gasteiger partial charge in [0.05, 0.1) is 12.7 Å². The maximum atomic E-state index is 13.5. The van der Waals surface area contributed by atoms with Crippen LogP contribution in [-0.2, 0) is 0 Å². The van der Waals surface area contributed by atoms with Crippen LogP contribution in [0.5, 0.6) is 5.75 Å². The van der Waals surface area contributed by atoms with Crippen molar-refractivity contribution < 1.29 is 9.13 Å². The van der Waals surface area contributed by atoms with Crippen LogP contribution in [-0.4, -0.2) is 42.7 Å². The first-order chi connectivity index (χ1) is 10.0. The second-order valence-electron chi connectivity index (χ2n) is 4.55. The number of halogens is 1. The van der Waals surface area contributed by atoms with Crippen LogP contribution in [0.2, 0.25) is 0 Å². The number of methoxy groups -OCH3 is 1. The lowest BCUT2D eigenvalue weighted by atomic mass is 10.2. The summed E-state index contributed by atoms with van der Waals surface area (Å²) in [6.45, 7) is 2.62. The molecule has 0 radical (unpaired) electrons. The Hall–Kier alpha value is -2.44. The molecule has 1 aromatic heterocycles. The van der Waals surface area contributed by atoms with Crippen molar-refractivity contribution in [3.63, 3.8) is 0 Å². The molecule has 0 atom stereocenters. The van der Waals surface area contributed by atoms with Crippen molar-refractivity contribution in [1.82, 2.24) is 15.0 Å². The molecule has 0 aliphatic heterocycles. The van der Waals surface area contributed by atoms with Crippen molar-refractivity contribution in [2.24, 2.45) is 0 Å². The lowest BCUT2D eigenvalue weighted by Gasteiger charge is -2.14. The molecule has 0 saturated heterocycles. The van der Waals surface area contributed by atoms with E-state index in [2.05, 4.69) is 20.3 Å². The summed E-state index contributed by atoms with van der Waals surface area (Å²) in [7, 11) is 5.19. The number of hydrogen-bond acceptors (Lipinski definition) is 6. The van der Waals surface area contributed by atoms with E-state index < -0.39 is 0 Å². The van der Waals surface area contributed by atoms with Crippen molar-refractivity contribution in [3.05, 3.63) is 24.0 Å². The second-order valence-corrected chi connectivity index (χ2v) is 4.55. The smallest absolute Gasteiger partial charge is 0.230 e. The minimum absolute atomic E-state index is 0.362. The highest BCUT2D eigenvalue weighted by Crippen LogP contribution is 2.29. The Kier molecular flexibility index (Phi) is 4.52. The van der Waals surface area contributed by atoms with Crippen LogP contribution in [0.15, 0.2) is 18.2 Å². The van der Waals surface area contributed by atoms with Crippen LogP contribution in [0.4, 0.5) is 16.3 Å². The minimum Gasteiger partial charge on any atom is -0.496 e. The highest BCUT2D eigenvalue weighted by Gasteiger charge is 2.14. The first-order valence-electron chi connectivity index (χ1n) is 6.56. The molecule has 0 amide bonds. The van der Waals surface area contributed by atoms with Crippen molar-refractivity contribution in [2.75, 3.05) is 38.0 Å². The molecule has 0 spiro atoms. The number of anilines is 2. The second kappa shape index (κ2) is 6.34. The van der Waals surface area contributed by atoms with Gasteiger partial charge in [0.15, 0.2) is 5.82 Å². The molecule has 1 aromatic carbocycles. The highest BCUT2D eigenvalue weighted by atomic mass is 19.1. The summed E-state index contributed by atoms with van der Waals surface area (Å²) in [6, 6.07) is 4.24. The van der Waals surface area contributed by atoms with Gasteiger partial charge in [-0.2, -0.15) is 15.0 Å². The predicted octanol–water partition coefficient (Wildman–Crippen LogP) is 2.18. The van der Waals surface area contributed by atoms with Crippen LogP contribution < -0.4 is 15.0 Å². The zero-order valence-electron chi connectivity index (χ0n) is 12.5. The van der Waals surface area contributed by atoms with Gasteiger partial charge in [-0.1, -0.05) is 0 Å². The summed E-state index contributed by atoms with van der Waals surface area (Å²) in [4.78, 5) is 14.7. The number of rotatable bonds is 5. The molecule has 1 heterocycles. The fourth-order valence-corrected chi connectivity index (χ4v) is 1.78. The van der Waals surface area contributed by atoms with Gasteiger partial charge in [-0.25, -0.2) is 4.39 Å². The summed E-state index contributed by atoms with van der Waals surface area (Å²) in [5, 5.41) is 3.04. The number of nitrogens with one attached hydrogen (secondary N) is 1. The molecule has 1 N–H and O–H groups in total. The Morgan fingerprint density at radius 3 is 2.62 bits per heavy atom. The average Bonchev–Trinajstić information content (AvgIpc) is 2.47. The molecule has 0 aliphatic rings. The lowest BCUT2D eigenvalue weighted by molar-refractivity contribution is 0.415. The van der Waals surface area contributed by atoms with Crippen molar-refractivity contribution in [1.29, 1.82) is 0 Å². The Morgan fingerprint density at radius 1 is 1.24 bits per heavy atom. The van der Waals surface area contributed by atoms with Gasteiger partial charge in [0, 0.05) is 20.6 Å². The molecule has 112 valence electrons. The van der Waals surface area contributed by atoms with Crippen LogP contribution in [0.1, 0.15) is 6.92 Å². The number of hydrogen-bond donors (Lipinski definition) is 1. The monoisotopic (exact) mass is 291 g/mol. The standard InChI is InChI=1S/C14H18FN5O/c1-5-16-13-17-12(18-14(19-13)20(2)3)10-8-9(15)6-7-11(10)21-4/h6-8H,5H2,1-4H3,(H,16,17,18,19). The molecule has 6 nitrogen and oxygen atoms in total. The van der Waals surface area contributed by atoms with Gasteiger partial charge in [-0.3, -0.25) is 0 Å². The fourth-order valence-electron chi connectivity index (χ4n) is 1.78. The highest BCUT2D eigenvalue weighted by molar-refractivity contribution is 5.66. The van der Waals surface area contributed by atoms with E-state index in [1.807, 2.05) is 21.0 Å². The number of nitrogens with zero attached hydrogens (tertiary/aromatic N) is 4. The van der Waals surface area contributed by atoms with Gasteiger partial charge >= 0.3 is 0 Å². The van der Waals surface area contributed by atoms with E-state index in [0.717, 1.165) is 0 Å². The van der Waals surface area contributed by atoms with Gasteiger partial charge in [0.1, 0.15) is 11.6 Å². The predicted molar refractivity (Wildman–Crippen MR) is 80.3 cm³/mol. The van der Waals surface area contributed by atoms with Crippen LogP contribution in [0.25, 0.3) is 11.4 Å². The zero-order valence-corrected chi connectivity index (χ0v) is 12.5. The Labute approximate surface area is 123 Å². The SMILES string of the molecule is CCNc1nc(-c2cc(F)ccc2OC)nc(N(C)C)n1. The summed E-state index contributed by atoms with van der Waals surface area (Å²) >= 11 is 0. The first kappa shape index (κ1) is 15.0. The third kappa shape index (κ3) is 3.36. The zero-order chi connectivity index (χ0) is 15.4. The van der Waals surface area contributed by atoms with Crippen LogP contribution in [0.3, 0.4) is 0 Å². The Bertz CT molecular complexity index is 633. The van der Waals surface area contributed by atoms with Crippen molar-refractivity contribution >= 4 is 11.9 Å². The Balaban J connectivity index is 2.59. The van der Waals surface area contributed by atoms with Crippen LogP contribution >= 0.6 is 0 Å². The summed E-state index contributed by atoms with van der Waals surface area (Å²) in [6.07, 6.45) is 0. The van der Waals surface area contributed by atoms with Gasteiger partial charge < -0.3 is 15.0 Å². The normalized spacial score (nSPS) is 10.3. The molecule has 0 aliphatic carbocycles. The molecule has 21 heavy (non-hydrogen) atoms. The van der Waals surface area contributed by atoms with E-state index in [0.29, 0.717) is 35.6 Å². The summed E-state index contributed by atoms with van der Waals surface area (Å²) in [5.74, 6) is 1.43. The molecule has 0 bridgehead atoms. The van der Waals surface area contributed by atoms with Gasteiger partial charge in [-0.05, 0) is 25.1 Å². The van der Waals surface area contributed by atoms with Gasteiger partial charge in [-0.15, -0.1) is 0 Å². The number of ether oxygens (including phenoxy) is 1. The maximum absolute atomic E-state index is 13.5. The van der Waals surface area contributed by atoms with E-state index in [1.165, 1.54) is 19.2 Å². The molecule has 0 fully saturated rings. The van der Waals surface area contributed by atoms with E-state index in [-0.39, 0.29) is 5.82 Å². The van der Waals surface area contributed by atoms with Crippen LogP contribution in [0, 0.1) is 5.82 Å². The molecule has 7 heteroatoms. The maximum Gasteiger partial charge on any atom is 0.230 e. The average molecular weight is 291 g/mol. The topological polar surface area (TPSA) is 63.2 Å². The van der Waals surface area contributed by atoms with E-state index in [9.17, 15) is 4.39 Å². The van der Waals surface area contributed by atoms with E-state index in [4.69, 9.17) is 4.74 Å². The molecule has 2 rings (SSSR count). The number of aromatic nitrogens is 3. The van der Waals surface area contributed by atoms with E-state index in [1.54, 1.807) is 11.0 Å². The van der Waals surface area contributed by atoms with Crippen molar-refractivity contribution in [3.8, 4) is 17.1 Å². The third-order valence-electron chi connectivity index (χ3n) is 2.76. The van der Waals surface area contributed by atoms with Gasteiger partial charge in [0.2, 0.25) is 11.9 Å². The molecular formula is C14H18FN5O.